The van der Waals surface area contributed by atoms with E-state index in [4.69, 9.17) is 0 Å². The summed E-state index contributed by atoms with van der Waals surface area (Å²) in [4.78, 5) is 24.6. The quantitative estimate of drug-likeness (QED) is 0.569. The molecule has 1 aromatic rings. The Morgan fingerprint density at radius 2 is 2.21 bits per heavy atom. The predicted octanol–water partition coefficient (Wildman–Crippen LogP) is 0.787. The fourth-order valence-corrected chi connectivity index (χ4v) is 1.71. The third-order valence-corrected chi connectivity index (χ3v) is 2.41. The molecule has 0 bridgehead atoms. The molecule has 0 spiro atoms. The van der Waals surface area contributed by atoms with Gasteiger partial charge in [0, 0.05) is 11.8 Å². The third-order valence-electron chi connectivity index (χ3n) is 1.76. The third kappa shape index (κ3) is 2.02. The monoisotopic (exact) mass is 231 g/mol. The number of thiol groups is 2. The molecule has 0 saturated carbocycles. The first-order valence-corrected chi connectivity index (χ1v) is 4.70. The van der Waals surface area contributed by atoms with Gasteiger partial charge in [-0.3, -0.25) is 9.59 Å². The van der Waals surface area contributed by atoms with Gasteiger partial charge in [-0.2, -0.15) is 0 Å². The van der Waals surface area contributed by atoms with Crippen molar-refractivity contribution in [1.29, 1.82) is 0 Å². The van der Waals surface area contributed by atoms with Crippen LogP contribution >= 0.6 is 25.3 Å². The molecule has 2 N–H and O–H groups in total. The Morgan fingerprint density at radius 1 is 1.64 bits per heavy atom. The highest BCUT2D eigenvalue weighted by atomic mass is 32.1. The van der Waals surface area contributed by atoms with E-state index < -0.39 is 16.8 Å². The van der Waals surface area contributed by atoms with Crippen LogP contribution in [-0.2, 0) is 0 Å². The summed E-state index contributed by atoms with van der Waals surface area (Å²) in [5.41, 5.74) is -0.111. The lowest BCUT2D eigenvalue weighted by Crippen LogP contribution is -2.15. The van der Waals surface area contributed by atoms with Crippen LogP contribution in [0.25, 0.3) is 0 Å². The molecule has 0 aliphatic rings. The van der Waals surface area contributed by atoms with Gasteiger partial charge in [-0.1, -0.05) is 0 Å². The van der Waals surface area contributed by atoms with Gasteiger partial charge in [0.05, 0.1) is 16.6 Å². The minimum absolute atomic E-state index is 0.0246. The van der Waals surface area contributed by atoms with Gasteiger partial charge in [-0.25, -0.2) is 0 Å². The number of nitrogens with one attached hydrogen (secondary N) is 1. The number of H-pyrrole nitrogens is 1. The van der Waals surface area contributed by atoms with E-state index in [-0.39, 0.29) is 10.5 Å². The summed E-state index contributed by atoms with van der Waals surface area (Å²) >= 11 is 7.51. The first kappa shape index (κ1) is 11.4. The zero-order chi connectivity index (χ0) is 10.9. The van der Waals surface area contributed by atoms with Crippen LogP contribution in [0.2, 0.25) is 0 Å². The summed E-state index contributed by atoms with van der Waals surface area (Å²) in [5, 5.41) is 8.74. The number of aliphatic hydroxyl groups excluding tert-OH is 1. The van der Waals surface area contributed by atoms with Gasteiger partial charge in [0.15, 0.2) is 0 Å². The Kier molecular flexibility index (Phi) is 3.41. The van der Waals surface area contributed by atoms with E-state index in [2.05, 4.69) is 30.2 Å². The maximum atomic E-state index is 11.1. The molecule has 6 heteroatoms. The maximum Gasteiger partial charge on any atom is 0.262 e. The lowest BCUT2D eigenvalue weighted by atomic mass is 10.1. The highest BCUT2D eigenvalue weighted by Gasteiger charge is 2.17. The molecule has 1 rings (SSSR count). The van der Waals surface area contributed by atoms with Crippen molar-refractivity contribution >= 4 is 30.4 Å². The number of pyridine rings is 1. The molecule has 0 radical (unpaired) electrons. The van der Waals surface area contributed by atoms with Gasteiger partial charge in [-0.15, -0.1) is 25.3 Å². The summed E-state index contributed by atoms with van der Waals surface area (Å²) in [7, 11) is 0. The molecule has 0 aliphatic heterocycles. The van der Waals surface area contributed by atoms with Gasteiger partial charge in [0.2, 0.25) is 5.12 Å². The van der Waals surface area contributed by atoms with Crippen molar-refractivity contribution in [1.82, 2.24) is 4.98 Å². The van der Waals surface area contributed by atoms with Crippen molar-refractivity contribution in [3.63, 3.8) is 0 Å². The SMILES string of the molecule is CC(O)c1c[nH]c(=O)c(S)c1C(=O)S. The van der Waals surface area contributed by atoms with E-state index in [1.807, 2.05) is 0 Å². The van der Waals surface area contributed by atoms with Crippen LogP contribution in [0.1, 0.15) is 28.9 Å². The first-order valence-electron chi connectivity index (χ1n) is 3.81. The summed E-state index contributed by atoms with van der Waals surface area (Å²) in [6.07, 6.45) is 0.430. The summed E-state index contributed by atoms with van der Waals surface area (Å²) < 4.78 is 0. The van der Waals surface area contributed by atoms with E-state index in [9.17, 15) is 14.7 Å². The average Bonchev–Trinajstić information content (AvgIpc) is 2.08. The zero-order valence-electron chi connectivity index (χ0n) is 7.31. The van der Waals surface area contributed by atoms with Crippen molar-refractivity contribution in [2.45, 2.75) is 17.9 Å². The van der Waals surface area contributed by atoms with Crippen LogP contribution in [0.5, 0.6) is 0 Å². The van der Waals surface area contributed by atoms with E-state index in [0.717, 1.165) is 0 Å². The van der Waals surface area contributed by atoms with Gasteiger partial charge >= 0.3 is 0 Å². The maximum absolute atomic E-state index is 11.1. The predicted molar refractivity (Wildman–Crippen MR) is 58.3 cm³/mol. The number of carbonyl (C=O) groups is 1. The topological polar surface area (TPSA) is 70.2 Å². The highest BCUT2D eigenvalue weighted by molar-refractivity contribution is 7.97. The molecule has 1 unspecified atom stereocenters. The standard InChI is InChI=1S/C8H9NO3S2/c1-3(10)4-2-9-7(11)6(13)5(4)8(12)14/h2-3,10,13H,1H3,(H,9,11)(H,12,14). The zero-order valence-corrected chi connectivity index (χ0v) is 9.10. The Labute approximate surface area is 91.2 Å². The molecule has 14 heavy (non-hydrogen) atoms. The lowest BCUT2D eigenvalue weighted by molar-refractivity contribution is 0.108. The van der Waals surface area contributed by atoms with Crippen LogP contribution in [0.15, 0.2) is 15.9 Å². The Bertz CT molecular complexity index is 425. The molecule has 4 nitrogen and oxygen atoms in total. The lowest BCUT2D eigenvalue weighted by Gasteiger charge is -2.09. The molecule has 0 aliphatic carbocycles. The second-order valence-corrected chi connectivity index (χ2v) is 3.63. The van der Waals surface area contributed by atoms with E-state index in [1.165, 1.54) is 13.1 Å². The summed E-state index contributed by atoms with van der Waals surface area (Å²) in [5.74, 6) is 0. The summed E-state index contributed by atoms with van der Waals surface area (Å²) in [6, 6.07) is 0. The van der Waals surface area contributed by atoms with E-state index >= 15 is 0 Å². The van der Waals surface area contributed by atoms with Gasteiger partial charge < -0.3 is 10.1 Å². The van der Waals surface area contributed by atoms with Crippen LogP contribution in [0.3, 0.4) is 0 Å². The largest absolute Gasteiger partial charge is 0.389 e. The molecular formula is C8H9NO3S2. The number of hydrogen-bond acceptors (Lipinski definition) is 4. The molecule has 0 saturated heterocycles. The molecule has 76 valence electrons. The number of aromatic nitrogens is 1. The number of hydrogen-bond donors (Lipinski definition) is 4. The highest BCUT2D eigenvalue weighted by Crippen LogP contribution is 2.21. The Hall–Kier alpha value is -0.720. The Balaban J connectivity index is 3.54. The Morgan fingerprint density at radius 3 is 2.64 bits per heavy atom. The van der Waals surface area contributed by atoms with E-state index in [0.29, 0.717) is 5.56 Å². The number of aliphatic hydroxyl groups is 1. The minimum Gasteiger partial charge on any atom is -0.389 e. The van der Waals surface area contributed by atoms with Crippen molar-refractivity contribution in [2.24, 2.45) is 0 Å². The average molecular weight is 231 g/mol. The number of aromatic amines is 1. The summed E-state index contributed by atoms with van der Waals surface area (Å²) in [6.45, 7) is 1.49. The van der Waals surface area contributed by atoms with Crippen molar-refractivity contribution in [2.75, 3.05) is 0 Å². The first-order chi connectivity index (χ1) is 6.45. The molecule has 1 atom stereocenters. The van der Waals surface area contributed by atoms with Gasteiger partial charge in [0.25, 0.3) is 5.56 Å². The molecule has 0 fully saturated rings. The molecule has 1 heterocycles. The number of rotatable bonds is 2. The fraction of sp³-hybridized carbons (Fsp3) is 0.250. The van der Waals surface area contributed by atoms with Crippen LogP contribution in [0, 0.1) is 0 Å². The normalized spacial score (nSPS) is 12.6. The molecule has 0 amide bonds. The second kappa shape index (κ2) is 4.20. The van der Waals surface area contributed by atoms with Crippen molar-refractivity contribution in [3.05, 3.63) is 27.7 Å². The molecule has 1 aromatic heterocycles. The smallest absolute Gasteiger partial charge is 0.262 e. The van der Waals surface area contributed by atoms with Crippen molar-refractivity contribution in [3.8, 4) is 0 Å². The van der Waals surface area contributed by atoms with Gasteiger partial charge in [-0.05, 0) is 6.92 Å². The van der Waals surface area contributed by atoms with Crippen molar-refractivity contribution < 1.29 is 9.90 Å². The van der Waals surface area contributed by atoms with Crippen LogP contribution < -0.4 is 5.56 Å². The second-order valence-electron chi connectivity index (χ2n) is 2.78. The molecular weight excluding hydrogens is 222 g/mol. The fourth-order valence-electron chi connectivity index (χ4n) is 1.09. The molecule has 0 aromatic carbocycles. The van der Waals surface area contributed by atoms with Crippen LogP contribution in [-0.4, -0.2) is 15.2 Å². The number of carbonyl (C=O) groups excluding carboxylic acids is 1. The van der Waals surface area contributed by atoms with Gasteiger partial charge in [0.1, 0.15) is 0 Å². The van der Waals surface area contributed by atoms with Crippen LogP contribution in [0.4, 0.5) is 0 Å². The minimum atomic E-state index is -0.858. The van der Waals surface area contributed by atoms with E-state index in [1.54, 1.807) is 0 Å².